The Bertz CT molecular complexity index is 1420. The van der Waals surface area contributed by atoms with Gasteiger partial charge in [0.05, 0.1) is 5.92 Å². The van der Waals surface area contributed by atoms with Gasteiger partial charge in [-0.05, 0) is 51.0 Å². The fourth-order valence-corrected chi connectivity index (χ4v) is 6.21. The van der Waals surface area contributed by atoms with Crippen LogP contribution < -0.4 is 5.32 Å². The van der Waals surface area contributed by atoms with Gasteiger partial charge < -0.3 is 14.3 Å². The van der Waals surface area contributed by atoms with Crippen LogP contribution in [0.1, 0.15) is 24.3 Å². The van der Waals surface area contributed by atoms with Crippen LogP contribution in [0.5, 0.6) is 0 Å². The Morgan fingerprint density at radius 3 is 2.69 bits per heavy atom. The van der Waals surface area contributed by atoms with Crippen LogP contribution >= 0.6 is 0 Å². The molecule has 8 nitrogen and oxygen atoms in total. The molecule has 166 valence electrons. The Morgan fingerprint density at radius 2 is 1.91 bits per heavy atom. The number of hydrogen-bond acceptors (Lipinski definition) is 6. The van der Waals surface area contributed by atoms with Crippen LogP contribution in [0.4, 0.5) is 5.69 Å². The van der Waals surface area contributed by atoms with E-state index in [4.69, 9.17) is 8.94 Å². The van der Waals surface area contributed by atoms with E-state index >= 15 is 0 Å². The average Bonchev–Trinajstić information content (AvgIpc) is 3.33. The van der Waals surface area contributed by atoms with Crippen molar-refractivity contribution < 1.29 is 22.2 Å². The number of nitrogens with one attached hydrogen (secondary N) is 1. The zero-order valence-electron chi connectivity index (χ0n) is 17.8. The van der Waals surface area contributed by atoms with Crippen molar-refractivity contribution in [1.29, 1.82) is 0 Å². The third-order valence-electron chi connectivity index (χ3n) is 5.96. The Hall–Kier alpha value is -3.17. The van der Waals surface area contributed by atoms with Gasteiger partial charge in [0.25, 0.3) is 0 Å². The number of furan rings is 1. The summed E-state index contributed by atoms with van der Waals surface area (Å²) >= 11 is 0. The number of hydrogen-bond donors (Lipinski definition) is 1. The number of rotatable bonds is 4. The molecule has 1 aliphatic heterocycles. The van der Waals surface area contributed by atoms with Crippen molar-refractivity contribution in [3.63, 3.8) is 0 Å². The molecule has 2 aromatic heterocycles. The van der Waals surface area contributed by atoms with Crippen LogP contribution in [-0.2, 0) is 14.8 Å². The summed E-state index contributed by atoms with van der Waals surface area (Å²) in [5.41, 5.74) is 2.52. The van der Waals surface area contributed by atoms with Gasteiger partial charge >= 0.3 is 0 Å². The molecule has 5 rings (SSSR count). The van der Waals surface area contributed by atoms with Crippen molar-refractivity contribution in [3.8, 4) is 0 Å². The number of benzene rings is 2. The number of carbonyl (C=O) groups excluding carboxylic acids is 1. The average molecular weight is 454 g/mol. The predicted octanol–water partition coefficient (Wildman–Crippen LogP) is 4.23. The highest BCUT2D eigenvalue weighted by Gasteiger charge is 2.36. The molecule has 1 N–H and O–H groups in total. The summed E-state index contributed by atoms with van der Waals surface area (Å²) in [5.74, 6) is -0.388. The fourth-order valence-electron chi connectivity index (χ4n) is 4.39. The zero-order chi connectivity index (χ0) is 22.5. The molecule has 1 unspecified atom stereocenters. The lowest BCUT2D eigenvalue weighted by Crippen LogP contribution is -2.43. The normalized spacial score (nSPS) is 17.8. The fraction of sp³-hybridized carbons (Fsp3) is 0.304. The van der Waals surface area contributed by atoms with Crippen molar-refractivity contribution in [3.05, 3.63) is 53.9 Å². The molecule has 1 saturated heterocycles. The molecule has 0 radical (unpaired) electrons. The molecular formula is C23H23N3O5S. The van der Waals surface area contributed by atoms with E-state index in [9.17, 15) is 13.2 Å². The van der Waals surface area contributed by atoms with Gasteiger partial charge in [-0.3, -0.25) is 4.79 Å². The van der Waals surface area contributed by atoms with Crippen LogP contribution in [0, 0.1) is 19.8 Å². The first-order chi connectivity index (χ1) is 15.3. The maximum Gasteiger partial charge on any atom is 0.248 e. The lowest BCUT2D eigenvalue weighted by Gasteiger charge is -2.31. The van der Waals surface area contributed by atoms with E-state index < -0.39 is 15.9 Å². The van der Waals surface area contributed by atoms with Crippen LogP contribution in [0.3, 0.4) is 0 Å². The summed E-state index contributed by atoms with van der Waals surface area (Å²) in [5, 5.41) is 8.62. The number of amides is 1. The molecule has 1 atom stereocenters. The van der Waals surface area contributed by atoms with Crippen LogP contribution in [0.15, 0.2) is 56.3 Å². The highest BCUT2D eigenvalue weighted by Crippen LogP contribution is 2.32. The van der Waals surface area contributed by atoms with Gasteiger partial charge in [0.2, 0.25) is 15.9 Å². The second-order valence-corrected chi connectivity index (χ2v) is 10.0. The quantitative estimate of drug-likeness (QED) is 0.496. The second kappa shape index (κ2) is 7.75. The number of aryl methyl sites for hydroxylation is 2. The van der Waals surface area contributed by atoms with Crippen molar-refractivity contribution in [1.82, 2.24) is 9.46 Å². The molecule has 1 aliphatic rings. The molecule has 4 aromatic rings. The van der Waals surface area contributed by atoms with Crippen molar-refractivity contribution in [2.45, 2.75) is 31.6 Å². The molecule has 0 aliphatic carbocycles. The van der Waals surface area contributed by atoms with E-state index in [-0.39, 0.29) is 23.1 Å². The zero-order valence-corrected chi connectivity index (χ0v) is 18.6. The highest BCUT2D eigenvalue weighted by atomic mass is 32.2. The van der Waals surface area contributed by atoms with E-state index in [0.29, 0.717) is 30.8 Å². The molecule has 1 amide bonds. The summed E-state index contributed by atoms with van der Waals surface area (Å²) in [6.45, 7) is 3.67. The molecule has 1 fully saturated rings. The number of carbonyl (C=O) groups is 1. The van der Waals surface area contributed by atoms with Crippen LogP contribution in [0.25, 0.3) is 21.9 Å². The first kappa shape index (κ1) is 20.7. The maximum absolute atomic E-state index is 13.1. The van der Waals surface area contributed by atoms with Gasteiger partial charge in [0.15, 0.2) is 5.76 Å². The summed E-state index contributed by atoms with van der Waals surface area (Å²) < 4.78 is 38.5. The van der Waals surface area contributed by atoms with Gasteiger partial charge in [-0.25, -0.2) is 8.42 Å². The third kappa shape index (κ3) is 3.47. The van der Waals surface area contributed by atoms with Crippen molar-refractivity contribution in [2.75, 3.05) is 18.4 Å². The Labute approximate surface area is 185 Å². The molecule has 0 bridgehead atoms. The number of anilines is 1. The number of sulfonamides is 1. The molecule has 3 heterocycles. The SMILES string of the molecule is Cc1noc(C)c1S(=O)(=O)N1CCCC(C(=O)Nc2ccc3oc4ccccc4c3c2)C1. The van der Waals surface area contributed by atoms with E-state index in [1.807, 2.05) is 36.4 Å². The molecule has 0 saturated carbocycles. The smallest absolute Gasteiger partial charge is 0.248 e. The Kier molecular flexibility index (Phi) is 5.02. The van der Waals surface area contributed by atoms with Crippen molar-refractivity contribution >= 4 is 43.6 Å². The minimum atomic E-state index is -3.78. The Balaban J connectivity index is 1.36. The van der Waals surface area contributed by atoms with E-state index in [0.717, 1.165) is 21.9 Å². The summed E-state index contributed by atoms with van der Waals surface area (Å²) in [6, 6.07) is 13.3. The lowest BCUT2D eigenvalue weighted by atomic mass is 9.98. The van der Waals surface area contributed by atoms with Crippen LogP contribution in [-0.4, -0.2) is 36.9 Å². The monoisotopic (exact) mass is 453 g/mol. The number of aromatic nitrogens is 1. The Morgan fingerprint density at radius 1 is 1.12 bits per heavy atom. The summed E-state index contributed by atoms with van der Waals surface area (Å²) in [7, 11) is -3.78. The minimum Gasteiger partial charge on any atom is -0.456 e. The first-order valence-electron chi connectivity index (χ1n) is 10.5. The number of para-hydroxylation sites is 1. The third-order valence-corrected chi connectivity index (χ3v) is 8.08. The van der Waals surface area contributed by atoms with Gasteiger partial charge in [-0.15, -0.1) is 0 Å². The van der Waals surface area contributed by atoms with E-state index in [1.165, 1.54) is 4.31 Å². The molecular weight excluding hydrogens is 430 g/mol. The van der Waals surface area contributed by atoms with Gasteiger partial charge in [-0.1, -0.05) is 23.4 Å². The summed E-state index contributed by atoms with van der Waals surface area (Å²) in [6.07, 6.45) is 1.22. The van der Waals surface area contributed by atoms with Gasteiger partial charge in [-0.2, -0.15) is 4.31 Å². The highest BCUT2D eigenvalue weighted by molar-refractivity contribution is 7.89. The predicted molar refractivity (Wildman–Crippen MR) is 120 cm³/mol. The number of nitrogens with zero attached hydrogens (tertiary/aromatic N) is 2. The number of fused-ring (bicyclic) bond motifs is 3. The summed E-state index contributed by atoms with van der Waals surface area (Å²) in [4.78, 5) is 13.1. The molecule has 0 spiro atoms. The standard InChI is InChI=1S/C23H23N3O5S/c1-14-22(15(2)31-25-14)32(28,29)26-11-5-6-16(13-26)23(27)24-17-9-10-21-19(12-17)18-7-3-4-8-20(18)30-21/h3-4,7-10,12,16H,5-6,11,13H2,1-2H3,(H,24,27). The lowest BCUT2D eigenvalue weighted by molar-refractivity contribution is -0.120. The van der Waals surface area contributed by atoms with E-state index in [1.54, 1.807) is 19.9 Å². The van der Waals surface area contributed by atoms with Crippen LogP contribution in [0.2, 0.25) is 0 Å². The largest absolute Gasteiger partial charge is 0.456 e. The molecule has 9 heteroatoms. The maximum atomic E-state index is 13.1. The topological polar surface area (TPSA) is 106 Å². The number of piperidine rings is 1. The van der Waals surface area contributed by atoms with Gasteiger partial charge in [0.1, 0.15) is 21.8 Å². The first-order valence-corrected chi connectivity index (χ1v) is 11.9. The minimum absolute atomic E-state index is 0.0934. The second-order valence-electron chi connectivity index (χ2n) is 8.15. The molecule has 32 heavy (non-hydrogen) atoms. The van der Waals surface area contributed by atoms with Gasteiger partial charge in [0, 0.05) is 29.5 Å². The molecule has 2 aromatic carbocycles. The van der Waals surface area contributed by atoms with Crippen molar-refractivity contribution in [2.24, 2.45) is 5.92 Å². The van der Waals surface area contributed by atoms with E-state index in [2.05, 4.69) is 10.5 Å².